The number of hydrogen-bond acceptors (Lipinski definition) is 4. The molecule has 0 unspecified atom stereocenters. The van der Waals surface area contributed by atoms with E-state index in [-0.39, 0.29) is 18.4 Å². The molecule has 0 aliphatic rings. The molecule has 2 aromatic rings. The predicted octanol–water partition coefficient (Wildman–Crippen LogP) is 2.79. The van der Waals surface area contributed by atoms with E-state index in [2.05, 4.69) is 10.9 Å². The minimum atomic E-state index is -0.434. The number of benzene rings is 2. The summed E-state index contributed by atoms with van der Waals surface area (Å²) < 4.78 is 10.9. The summed E-state index contributed by atoms with van der Waals surface area (Å²) in [6.45, 7) is 5.79. The lowest BCUT2D eigenvalue weighted by atomic mass is 10.1. The number of amides is 2. The summed E-state index contributed by atoms with van der Waals surface area (Å²) >= 11 is 0. The Morgan fingerprint density at radius 2 is 1.69 bits per heavy atom. The Hall–Kier alpha value is -3.02. The van der Waals surface area contributed by atoms with Gasteiger partial charge in [-0.1, -0.05) is 29.8 Å². The highest BCUT2D eigenvalue weighted by atomic mass is 16.5. The van der Waals surface area contributed by atoms with Crippen LogP contribution in [0, 0.1) is 6.92 Å². The lowest BCUT2D eigenvalue weighted by molar-refractivity contribution is -0.121. The molecular weight excluding hydrogens is 332 g/mol. The first-order valence-corrected chi connectivity index (χ1v) is 8.38. The Kier molecular flexibility index (Phi) is 6.60. The largest absolute Gasteiger partial charge is 0.493 e. The zero-order valence-electron chi connectivity index (χ0n) is 15.5. The highest BCUT2D eigenvalue weighted by Gasteiger charge is 2.13. The molecule has 0 radical (unpaired) electrons. The average Bonchev–Trinajstić information content (AvgIpc) is 2.61. The Morgan fingerprint density at radius 3 is 2.31 bits per heavy atom. The van der Waals surface area contributed by atoms with Gasteiger partial charge < -0.3 is 9.47 Å². The van der Waals surface area contributed by atoms with E-state index in [4.69, 9.17) is 9.47 Å². The maximum Gasteiger partial charge on any atom is 0.269 e. The SMILES string of the molecule is COc1cc(C(=O)NNC(=O)Cc2ccc(C)cc2)ccc1OC(C)C. The molecule has 0 spiro atoms. The number of hydrogen-bond donors (Lipinski definition) is 2. The van der Waals surface area contributed by atoms with Gasteiger partial charge in [-0.15, -0.1) is 0 Å². The van der Waals surface area contributed by atoms with Crippen LogP contribution in [0.3, 0.4) is 0 Å². The van der Waals surface area contributed by atoms with Gasteiger partial charge in [-0.2, -0.15) is 0 Å². The fourth-order valence-corrected chi connectivity index (χ4v) is 2.29. The lowest BCUT2D eigenvalue weighted by Gasteiger charge is -2.14. The predicted molar refractivity (Wildman–Crippen MR) is 99.2 cm³/mol. The van der Waals surface area contributed by atoms with Gasteiger partial charge in [0, 0.05) is 5.56 Å². The molecule has 0 saturated heterocycles. The molecular formula is C20H24N2O4. The minimum Gasteiger partial charge on any atom is -0.493 e. The minimum absolute atomic E-state index is 0.00959. The van der Waals surface area contributed by atoms with Crippen LogP contribution in [0.2, 0.25) is 0 Å². The van der Waals surface area contributed by atoms with Crippen LogP contribution in [0.15, 0.2) is 42.5 Å². The van der Waals surface area contributed by atoms with Crippen LogP contribution in [-0.2, 0) is 11.2 Å². The van der Waals surface area contributed by atoms with E-state index >= 15 is 0 Å². The van der Waals surface area contributed by atoms with Crippen molar-refractivity contribution >= 4 is 11.8 Å². The number of aryl methyl sites for hydroxylation is 1. The second kappa shape index (κ2) is 8.89. The molecule has 0 atom stereocenters. The summed E-state index contributed by atoms with van der Waals surface area (Å²) in [5.74, 6) is 0.283. The molecule has 6 heteroatoms. The van der Waals surface area contributed by atoms with Crippen molar-refractivity contribution in [3.05, 3.63) is 59.2 Å². The van der Waals surface area contributed by atoms with Crippen molar-refractivity contribution in [2.24, 2.45) is 0 Å². The number of carbonyl (C=O) groups excluding carboxylic acids is 2. The molecule has 26 heavy (non-hydrogen) atoms. The van der Waals surface area contributed by atoms with Crippen molar-refractivity contribution in [2.75, 3.05) is 7.11 Å². The molecule has 138 valence electrons. The van der Waals surface area contributed by atoms with Gasteiger partial charge in [-0.25, -0.2) is 0 Å². The van der Waals surface area contributed by atoms with Crippen molar-refractivity contribution in [3.63, 3.8) is 0 Å². The van der Waals surface area contributed by atoms with Gasteiger partial charge in [0.2, 0.25) is 5.91 Å². The van der Waals surface area contributed by atoms with Crippen molar-refractivity contribution < 1.29 is 19.1 Å². The highest BCUT2D eigenvalue weighted by Crippen LogP contribution is 2.28. The molecule has 0 bridgehead atoms. The summed E-state index contributed by atoms with van der Waals surface area (Å²) in [5, 5.41) is 0. The van der Waals surface area contributed by atoms with Crippen LogP contribution in [0.25, 0.3) is 0 Å². The molecule has 0 aliphatic carbocycles. The van der Waals surface area contributed by atoms with E-state index in [1.54, 1.807) is 18.2 Å². The number of hydrazine groups is 1. The van der Waals surface area contributed by atoms with E-state index in [1.807, 2.05) is 45.0 Å². The Morgan fingerprint density at radius 1 is 1.00 bits per heavy atom. The average molecular weight is 356 g/mol. The molecule has 2 N–H and O–H groups in total. The van der Waals surface area contributed by atoms with Crippen LogP contribution in [0.5, 0.6) is 11.5 Å². The number of ether oxygens (including phenoxy) is 2. The van der Waals surface area contributed by atoms with Crippen LogP contribution in [0.4, 0.5) is 0 Å². The molecule has 0 aliphatic heterocycles. The standard InChI is InChI=1S/C20H24N2O4/c1-13(2)26-17-10-9-16(12-18(17)25-4)20(24)22-21-19(23)11-15-7-5-14(3)6-8-15/h5-10,12-13H,11H2,1-4H3,(H,21,23)(H,22,24). The zero-order valence-corrected chi connectivity index (χ0v) is 15.5. The third-order valence-electron chi connectivity index (χ3n) is 3.59. The van der Waals surface area contributed by atoms with Crippen molar-refractivity contribution in [1.29, 1.82) is 0 Å². The third-order valence-corrected chi connectivity index (χ3v) is 3.59. The van der Waals surface area contributed by atoms with Gasteiger partial charge in [0.1, 0.15) is 0 Å². The topological polar surface area (TPSA) is 76.7 Å². The van der Waals surface area contributed by atoms with Crippen LogP contribution < -0.4 is 20.3 Å². The first-order valence-electron chi connectivity index (χ1n) is 8.38. The second-order valence-electron chi connectivity index (χ2n) is 6.20. The summed E-state index contributed by atoms with van der Waals surface area (Å²) in [5.41, 5.74) is 7.18. The summed E-state index contributed by atoms with van der Waals surface area (Å²) in [4.78, 5) is 24.2. The zero-order chi connectivity index (χ0) is 19.1. The number of methoxy groups -OCH3 is 1. The molecule has 2 amide bonds. The van der Waals surface area contributed by atoms with E-state index in [0.29, 0.717) is 17.1 Å². The molecule has 0 fully saturated rings. The van der Waals surface area contributed by atoms with Gasteiger partial charge in [-0.3, -0.25) is 20.4 Å². The molecule has 6 nitrogen and oxygen atoms in total. The van der Waals surface area contributed by atoms with E-state index in [0.717, 1.165) is 11.1 Å². The Labute approximate surface area is 153 Å². The van der Waals surface area contributed by atoms with E-state index < -0.39 is 5.91 Å². The van der Waals surface area contributed by atoms with Crippen molar-refractivity contribution in [2.45, 2.75) is 33.3 Å². The Bertz CT molecular complexity index is 770. The molecule has 2 rings (SSSR count). The lowest BCUT2D eigenvalue weighted by Crippen LogP contribution is -2.42. The Balaban J connectivity index is 1.94. The molecule has 0 heterocycles. The van der Waals surface area contributed by atoms with Gasteiger partial charge >= 0.3 is 0 Å². The monoisotopic (exact) mass is 356 g/mol. The van der Waals surface area contributed by atoms with Crippen molar-refractivity contribution in [3.8, 4) is 11.5 Å². The first kappa shape index (κ1) is 19.3. The van der Waals surface area contributed by atoms with Crippen LogP contribution >= 0.6 is 0 Å². The van der Waals surface area contributed by atoms with Gasteiger partial charge in [-0.05, 0) is 44.5 Å². The van der Waals surface area contributed by atoms with Gasteiger partial charge in [0.15, 0.2) is 11.5 Å². The molecule has 0 aromatic heterocycles. The number of nitrogens with one attached hydrogen (secondary N) is 2. The summed E-state index contributed by atoms with van der Waals surface area (Å²) in [6.07, 6.45) is 0.176. The maximum atomic E-state index is 12.2. The van der Waals surface area contributed by atoms with E-state index in [1.165, 1.54) is 7.11 Å². The van der Waals surface area contributed by atoms with Crippen LogP contribution in [0.1, 0.15) is 35.3 Å². The molecule has 2 aromatic carbocycles. The van der Waals surface area contributed by atoms with Gasteiger partial charge in [0.05, 0.1) is 19.6 Å². The number of carbonyl (C=O) groups is 2. The third kappa shape index (κ3) is 5.51. The fraction of sp³-hybridized carbons (Fsp3) is 0.300. The highest BCUT2D eigenvalue weighted by molar-refractivity contribution is 5.96. The van der Waals surface area contributed by atoms with Crippen LogP contribution in [-0.4, -0.2) is 25.0 Å². The van der Waals surface area contributed by atoms with Crippen molar-refractivity contribution in [1.82, 2.24) is 10.9 Å². The maximum absolute atomic E-state index is 12.2. The fourth-order valence-electron chi connectivity index (χ4n) is 2.29. The summed E-state index contributed by atoms with van der Waals surface area (Å²) in [7, 11) is 1.51. The van der Waals surface area contributed by atoms with Gasteiger partial charge in [0.25, 0.3) is 5.91 Å². The second-order valence-corrected chi connectivity index (χ2v) is 6.20. The first-order chi connectivity index (χ1) is 12.4. The quantitative estimate of drug-likeness (QED) is 0.781. The number of rotatable bonds is 6. The molecule has 0 saturated carbocycles. The normalized spacial score (nSPS) is 10.3. The summed E-state index contributed by atoms with van der Waals surface area (Å²) in [6, 6.07) is 12.5. The smallest absolute Gasteiger partial charge is 0.269 e. The van der Waals surface area contributed by atoms with E-state index in [9.17, 15) is 9.59 Å².